The van der Waals surface area contributed by atoms with Crippen molar-refractivity contribution in [1.82, 2.24) is 20.1 Å². The van der Waals surface area contributed by atoms with E-state index in [-0.39, 0.29) is 12.1 Å². The van der Waals surface area contributed by atoms with Crippen LogP contribution in [-0.4, -0.2) is 28.9 Å². The first-order valence-electron chi connectivity index (χ1n) is 6.29. The summed E-state index contributed by atoms with van der Waals surface area (Å²) in [6.45, 7) is 6.22. The van der Waals surface area contributed by atoms with E-state index in [2.05, 4.69) is 34.6 Å². The van der Waals surface area contributed by atoms with Crippen molar-refractivity contribution in [3.63, 3.8) is 0 Å². The maximum atomic E-state index is 5.44. The average Bonchev–Trinajstić information content (AvgIpc) is 2.97. The first-order chi connectivity index (χ1) is 9.08. The van der Waals surface area contributed by atoms with Gasteiger partial charge in [-0.15, -0.1) is 11.3 Å². The summed E-state index contributed by atoms with van der Waals surface area (Å²) >= 11 is 1.65. The molecule has 1 unspecified atom stereocenters. The van der Waals surface area contributed by atoms with Crippen LogP contribution in [0.25, 0.3) is 0 Å². The molecule has 0 aliphatic carbocycles. The van der Waals surface area contributed by atoms with Crippen LogP contribution < -0.4 is 10.1 Å². The highest BCUT2D eigenvalue weighted by Crippen LogP contribution is 2.31. The average molecular weight is 280 g/mol. The highest BCUT2D eigenvalue weighted by atomic mass is 32.1. The summed E-state index contributed by atoms with van der Waals surface area (Å²) < 4.78 is 7.42. The second-order valence-corrected chi connectivity index (χ2v) is 5.71. The summed E-state index contributed by atoms with van der Waals surface area (Å²) in [4.78, 5) is 4.57. The van der Waals surface area contributed by atoms with Gasteiger partial charge in [0.05, 0.1) is 30.1 Å². The molecule has 1 N–H and O–H groups in total. The van der Waals surface area contributed by atoms with Gasteiger partial charge in [0.15, 0.2) is 5.75 Å². The van der Waals surface area contributed by atoms with Crippen LogP contribution in [0, 0.1) is 6.92 Å². The molecule has 2 rings (SSSR count). The third-order valence-electron chi connectivity index (χ3n) is 3.00. The summed E-state index contributed by atoms with van der Waals surface area (Å²) in [7, 11) is 3.60. The number of aryl methyl sites for hydroxylation is 1. The Morgan fingerprint density at radius 2 is 2.16 bits per heavy atom. The van der Waals surface area contributed by atoms with Crippen LogP contribution in [0.3, 0.4) is 0 Å². The lowest BCUT2D eigenvalue weighted by Crippen LogP contribution is -2.23. The van der Waals surface area contributed by atoms with Crippen LogP contribution in [0.1, 0.15) is 42.3 Å². The van der Waals surface area contributed by atoms with E-state index in [1.165, 1.54) is 0 Å². The molecule has 0 radical (unpaired) electrons. The normalized spacial score (nSPS) is 12.9. The van der Waals surface area contributed by atoms with Crippen molar-refractivity contribution < 1.29 is 4.74 Å². The molecule has 2 heterocycles. The standard InChI is InChI=1S/C13H20N4OS/c1-8(2)17-13(11(18-5)6-15-17)12(14-4)10-7-19-9(3)16-10/h6-8,12,14H,1-5H3. The van der Waals surface area contributed by atoms with Gasteiger partial charge in [0.2, 0.25) is 0 Å². The van der Waals surface area contributed by atoms with E-state index in [0.717, 1.165) is 22.1 Å². The van der Waals surface area contributed by atoms with Crippen molar-refractivity contribution in [3.05, 3.63) is 28.0 Å². The third kappa shape index (κ3) is 2.64. The van der Waals surface area contributed by atoms with Crippen LogP contribution >= 0.6 is 11.3 Å². The molecule has 104 valence electrons. The molecule has 0 saturated heterocycles. The van der Waals surface area contributed by atoms with Gasteiger partial charge < -0.3 is 10.1 Å². The Morgan fingerprint density at radius 1 is 1.42 bits per heavy atom. The number of ether oxygens (including phenoxy) is 1. The SMILES string of the molecule is CNC(c1csc(C)n1)c1c(OC)cnn1C(C)C. The van der Waals surface area contributed by atoms with Gasteiger partial charge in [-0.05, 0) is 27.8 Å². The number of nitrogens with one attached hydrogen (secondary N) is 1. The number of hydrogen-bond donors (Lipinski definition) is 1. The Hall–Kier alpha value is -1.40. The van der Waals surface area contributed by atoms with E-state index < -0.39 is 0 Å². The Balaban J connectivity index is 2.50. The van der Waals surface area contributed by atoms with Gasteiger partial charge in [0.1, 0.15) is 5.69 Å². The van der Waals surface area contributed by atoms with Gasteiger partial charge in [-0.1, -0.05) is 0 Å². The number of nitrogens with zero attached hydrogens (tertiary/aromatic N) is 3. The zero-order chi connectivity index (χ0) is 14.0. The Bertz CT molecular complexity index is 547. The molecule has 5 nitrogen and oxygen atoms in total. The number of thiazole rings is 1. The largest absolute Gasteiger partial charge is 0.493 e. The molecule has 0 aliphatic rings. The molecule has 2 aromatic rings. The Kier molecular flexibility index (Phi) is 4.21. The minimum Gasteiger partial charge on any atom is -0.493 e. The molecule has 0 saturated carbocycles. The van der Waals surface area contributed by atoms with Crippen molar-refractivity contribution in [3.8, 4) is 5.75 Å². The lowest BCUT2D eigenvalue weighted by atomic mass is 10.1. The van der Waals surface area contributed by atoms with Crippen LogP contribution in [0.15, 0.2) is 11.6 Å². The number of rotatable bonds is 5. The third-order valence-corrected chi connectivity index (χ3v) is 3.79. The van der Waals surface area contributed by atoms with Crippen molar-refractivity contribution >= 4 is 11.3 Å². The van der Waals surface area contributed by atoms with Gasteiger partial charge >= 0.3 is 0 Å². The minimum absolute atomic E-state index is 0.00944. The second-order valence-electron chi connectivity index (χ2n) is 4.65. The van der Waals surface area contributed by atoms with Gasteiger partial charge in [0, 0.05) is 11.4 Å². The molecule has 0 bridgehead atoms. The van der Waals surface area contributed by atoms with E-state index in [4.69, 9.17) is 4.74 Å². The van der Waals surface area contributed by atoms with Crippen LogP contribution in [0.5, 0.6) is 5.75 Å². The van der Waals surface area contributed by atoms with Gasteiger partial charge in [-0.2, -0.15) is 5.10 Å². The number of aromatic nitrogens is 3. The molecule has 2 aromatic heterocycles. The van der Waals surface area contributed by atoms with E-state index in [0.29, 0.717) is 0 Å². The summed E-state index contributed by atoms with van der Waals surface area (Å²) in [6, 6.07) is 0.263. The topological polar surface area (TPSA) is 52.0 Å². The molecule has 0 amide bonds. The molecule has 0 aromatic carbocycles. The zero-order valence-corrected chi connectivity index (χ0v) is 12.8. The van der Waals surface area contributed by atoms with E-state index in [1.807, 2.05) is 18.7 Å². The highest BCUT2D eigenvalue weighted by molar-refractivity contribution is 7.09. The van der Waals surface area contributed by atoms with Crippen LogP contribution in [0.4, 0.5) is 0 Å². The zero-order valence-electron chi connectivity index (χ0n) is 12.0. The lowest BCUT2D eigenvalue weighted by molar-refractivity contribution is 0.395. The fourth-order valence-electron chi connectivity index (χ4n) is 2.14. The van der Waals surface area contributed by atoms with Gasteiger partial charge in [-0.3, -0.25) is 4.68 Å². The monoisotopic (exact) mass is 280 g/mol. The predicted octanol–water partition coefficient (Wildman–Crippen LogP) is 2.55. The molecule has 0 spiro atoms. The molecule has 19 heavy (non-hydrogen) atoms. The Morgan fingerprint density at radius 3 is 2.63 bits per heavy atom. The van der Waals surface area contributed by atoms with E-state index >= 15 is 0 Å². The smallest absolute Gasteiger partial charge is 0.162 e. The van der Waals surface area contributed by atoms with Crippen molar-refractivity contribution in [2.75, 3.05) is 14.2 Å². The fourth-order valence-corrected chi connectivity index (χ4v) is 2.77. The summed E-state index contributed by atoms with van der Waals surface area (Å²) in [6.07, 6.45) is 1.76. The quantitative estimate of drug-likeness (QED) is 0.914. The van der Waals surface area contributed by atoms with Crippen LogP contribution in [-0.2, 0) is 0 Å². The molecular weight excluding hydrogens is 260 g/mol. The minimum atomic E-state index is -0.00944. The first-order valence-corrected chi connectivity index (χ1v) is 7.17. The highest BCUT2D eigenvalue weighted by Gasteiger charge is 2.25. The Labute approximate surface area is 117 Å². The second kappa shape index (κ2) is 5.71. The fraction of sp³-hybridized carbons (Fsp3) is 0.538. The summed E-state index contributed by atoms with van der Waals surface area (Å²) in [5.41, 5.74) is 2.02. The molecule has 1 atom stereocenters. The van der Waals surface area contributed by atoms with E-state index in [1.54, 1.807) is 24.6 Å². The predicted molar refractivity (Wildman–Crippen MR) is 76.9 cm³/mol. The molecule has 6 heteroatoms. The maximum Gasteiger partial charge on any atom is 0.162 e. The number of methoxy groups -OCH3 is 1. The number of hydrogen-bond acceptors (Lipinski definition) is 5. The molecule has 0 fully saturated rings. The maximum absolute atomic E-state index is 5.44. The first kappa shape index (κ1) is 14.0. The molecule has 0 aliphatic heterocycles. The molecular formula is C13H20N4OS. The van der Waals surface area contributed by atoms with E-state index in [9.17, 15) is 0 Å². The van der Waals surface area contributed by atoms with Crippen LogP contribution in [0.2, 0.25) is 0 Å². The van der Waals surface area contributed by atoms with Gasteiger partial charge in [-0.25, -0.2) is 4.98 Å². The van der Waals surface area contributed by atoms with Crippen molar-refractivity contribution in [2.24, 2.45) is 0 Å². The van der Waals surface area contributed by atoms with Gasteiger partial charge in [0.25, 0.3) is 0 Å². The lowest BCUT2D eigenvalue weighted by Gasteiger charge is -2.19. The van der Waals surface area contributed by atoms with Crippen molar-refractivity contribution in [1.29, 1.82) is 0 Å². The van der Waals surface area contributed by atoms with Crippen molar-refractivity contribution in [2.45, 2.75) is 32.9 Å². The summed E-state index contributed by atoms with van der Waals surface area (Å²) in [5.74, 6) is 0.790. The summed E-state index contributed by atoms with van der Waals surface area (Å²) in [5, 5.41) is 10.9.